The zero-order chi connectivity index (χ0) is 22.1. The second-order valence-electron chi connectivity index (χ2n) is 9.14. The van der Waals surface area contributed by atoms with E-state index in [1.165, 1.54) is 10.5 Å². The number of carbonyl (C=O) groups is 2. The molecule has 6 heteroatoms. The van der Waals surface area contributed by atoms with Crippen LogP contribution in [0.2, 0.25) is 0 Å². The summed E-state index contributed by atoms with van der Waals surface area (Å²) in [5.41, 5.74) is 6.32. The van der Waals surface area contributed by atoms with Gasteiger partial charge < -0.3 is 10.2 Å². The van der Waals surface area contributed by atoms with Crippen molar-refractivity contribution in [2.75, 3.05) is 32.7 Å². The average Bonchev–Trinajstić information content (AvgIpc) is 2.67. The Morgan fingerprint density at radius 1 is 1.13 bits per heavy atom. The molecule has 0 bridgehead atoms. The topological polar surface area (TPSA) is 65.9 Å². The highest BCUT2D eigenvalue weighted by molar-refractivity contribution is 5.84. The van der Waals surface area contributed by atoms with Crippen molar-refractivity contribution in [3.05, 3.63) is 41.5 Å². The summed E-state index contributed by atoms with van der Waals surface area (Å²) in [7, 11) is 0. The number of quaternary nitrogens is 1. The van der Waals surface area contributed by atoms with Gasteiger partial charge in [-0.15, -0.1) is 0 Å². The fourth-order valence-electron chi connectivity index (χ4n) is 3.77. The molecular formula is C24H39N4O2+. The SMILES string of the molecule is Cc1ccc(C2=CCC(=O)N(CCC(=O)NCC[NH+](CC(C)C)CC(C)C)N2)cc1. The first-order chi connectivity index (χ1) is 14.2. The number of nitrogens with zero attached hydrogens (tertiary/aromatic N) is 1. The van der Waals surface area contributed by atoms with Gasteiger partial charge in [-0.1, -0.05) is 57.5 Å². The van der Waals surface area contributed by atoms with E-state index in [4.69, 9.17) is 0 Å². The molecule has 30 heavy (non-hydrogen) atoms. The summed E-state index contributed by atoms with van der Waals surface area (Å²) >= 11 is 0. The van der Waals surface area contributed by atoms with Crippen LogP contribution in [0.3, 0.4) is 0 Å². The zero-order valence-electron chi connectivity index (χ0n) is 19.3. The summed E-state index contributed by atoms with van der Waals surface area (Å²) in [6.07, 6.45) is 2.55. The summed E-state index contributed by atoms with van der Waals surface area (Å²) in [6.45, 7) is 15.2. The van der Waals surface area contributed by atoms with Gasteiger partial charge in [0.05, 0.1) is 38.4 Å². The van der Waals surface area contributed by atoms with Crippen molar-refractivity contribution in [1.29, 1.82) is 0 Å². The van der Waals surface area contributed by atoms with Crippen LogP contribution in [0.4, 0.5) is 0 Å². The lowest BCUT2D eigenvalue weighted by Gasteiger charge is -2.29. The maximum absolute atomic E-state index is 12.3. The Kier molecular flexibility index (Phi) is 9.37. The predicted molar refractivity (Wildman–Crippen MR) is 121 cm³/mol. The number of benzene rings is 1. The van der Waals surface area contributed by atoms with E-state index in [9.17, 15) is 9.59 Å². The first kappa shape index (κ1) is 23.9. The first-order valence-corrected chi connectivity index (χ1v) is 11.2. The van der Waals surface area contributed by atoms with Crippen LogP contribution in [-0.4, -0.2) is 49.5 Å². The Morgan fingerprint density at radius 2 is 1.77 bits per heavy atom. The van der Waals surface area contributed by atoms with E-state index in [-0.39, 0.29) is 11.8 Å². The minimum Gasteiger partial charge on any atom is -0.350 e. The highest BCUT2D eigenvalue weighted by Gasteiger charge is 2.20. The Labute approximate surface area is 181 Å². The lowest BCUT2D eigenvalue weighted by Crippen LogP contribution is -3.13. The monoisotopic (exact) mass is 415 g/mol. The molecule has 0 saturated carbocycles. The van der Waals surface area contributed by atoms with Crippen LogP contribution >= 0.6 is 0 Å². The molecule has 0 fully saturated rings. The molecule has 166 valence electrons. The Morgan fingerprint density at radius 3 is 2.37 bits per heavy atom. The van der Waals surface area contributed by atoms with Crippen molar-refractivity contribution in [3.8, 4) is 0 Å². The van der Waals surface area contributed by atoms with Crippen molar-refractivity contribution in [2.45, 2.75) is 47.5 Å². The third-order valence-corrected chi connectivity index (χ3v) is 5.16. The molecule has 1 heterocycles. The van der Waals surface area contributed by atoms with Gasteiger partial charge in [0.25, 0.3) is 0 Å². The van der Waals surface area contributed by atoms with E-state index in [1.54, 1.807) is 5.01 Å². The standard InChI is InChI=1S/C24H38N4O2/c1-18(2)16-27(17-19(3)4)15-13-25-23(29)12-14-28-24(30)11-10-22(26-28)21-8-6-20(5)7-9-21/h6-10,18-19,26H,11-17H2,1-5H3,(H,25,29)/p+1. The van der Waals surface area contributed by atoms with Crippen molar-refractivity contribution >= 4 is 17.5 Å². The van der Waals surface area contributed by atoms with Gasteiger partial charge in [-0.05, 0) is 18.6 Å². The van der Waals surface area contributed by atoms with Crippen LogP contribution in [0, 0.1) is 18.8 Å². The second-order valence-corrected chi connectivity index (χ2v) is 9.14. The molecular weight excluding hydrogens is 376 g/mol. The van der Waals surface area contributed by atoms with Gasteiger partial charge in [0.1, 0.15) is 0 Å². The van der Waals surface area contributed by atoms with Gasteiger partial charge in [-0.2, -0.15) is 0 Å². The van der Waals surface area contributed by atoms with Crippen LogP contribution in [-0.2, 0) is 9.59 Å². The number of hydrazine groups is 1. The summed E-state index contributed by atoms with van der Waals surface area (Å²) in [6, 6.07) is 8.18. The predicted octanol–water partition coefficient (Wildman–Crippen LogP) is 1.78. The molecule has 3 N–H and O–H groups in total. The average molecular weight is 416 g/mol. The first-order valence-electron chi connectivity index (χ1n) is 11.2. The normalized spacial score (nSPS) is 14.3. The molecule has 0 aliphatic carbocycles. The summed E-state index contributed by atoms with van der Waals surface area (Å²) in [5.74, 6) is 1.26. The third kappa shape index (κ3) is 8.19. The summed E-state index contributed by atoms with van der Waals surface area (Å²) in [5, 5.41) is 4.58. The molecule has 2 amide bonds. The van der Waals surface area contributed by atoms with Crippen LogP contribution in [0.15, 0.2) is 30.3 Å². The Bertz CT molecular complexity index is 715. The van der Waals surface area contributed by atoms with E-state index >= 15 is 0 Å². The smallest absolute Gasteiger partial charge is 0.244 e. The minimum atomic E-state index is -0.0110. The van der Waals surface area contributed by atoms with E-state index in [0.717, 1.165) is 30.9 Å². The number of hydrogen-bond donors (Lipinski definition) is 3. The second kappa shape index (κ2) is 11.7. The van der Waals surface area contributed by atoms with Crippen LogP contribution in [0.25, 0.3) is 5.70 Å². The largest absolute Gasteiger partial charge is 0.350 e. The molecule has 0 aromatic heterocycles. The van der Waals surface area contributed by atoms with E-state index in [0.29, 0.717) is 37.8 Å². The minimum absolute atomic E-state index is 0.00974. The maximum Gasteiger partial charge on any atom is 0.244 e. The maximum atomic E-state index is 12.3. The molecule has 0 unspecified atom stereocenters. The molecule has 1 aromatic rings. The number of carbonyl (C=O) groups excluding carboxylic acids is 2. The molecule has 1 aliphatic heterocycles. The van der Waals surface area contributed by atoms with Gasteiger partial charge in [-0.3, -0.25) is 20.0 Å². The Balaban J connectivity index is 1.77. The molecule has 6 nitrogen and oxygen atoms in total. The summed E-state index contributed by atoms with van der Waals surface area (Å²) in [4.78, 5) is 26.1. The number of nitrogens with one attached hydrogen (secondary N) is 3. The molecule has 1 aromatic carbocycles. The molecule has 0 atom stereocenters. The number of aryl methyl sites for hydroxylation is 1. The van der Waals surface area contributed by atoms with Crippen LogP contribution < -0.4 is 15.6 Å². The van der Waals surface area contributed by atoms with Gasteiger partial charge in [-0.25, -0.2) is 0 Å². The van der Waals surface area contributed by atoms with Gasteiger partial charge in [0.15, 0.2) is 0 Å². The molecule has 0 spiro atoms. The lowest BCUT2D eigenvalue weighted by atomic mass is 10.1. The zero-order valence-corrected chi connectivity index (χ0v) is 19.3. The number of hydrogen-bond acceptors (Lipinski definition) is 3. The third-order valence-electron chi connectivity index (χ3n) is 5.16. The summed E-state index contributed by atoms with van der Waals surface area (Å²) < 4.78 is 0. The molecule has 1 aliphatic rings. The number of rotatable bonds is 11. The molecule has 0 saturated heterocycles. The quantitative estimate of drug-likeness (QED) is 0.516. The van der Waals surface area contributed by atoms with E-state index < -0.39 is 0 Å². The van der Waals surface area contributed by atoms with Gasteiger partial charge in [0.2, 0.25) is 11.8 Å². The number of amides is 2. The van der Waals surface area contributed by atoms with Crippen molar-refractivity contribution < 1.29 is 14.5 Å². The molecule has 2 rings (SSSR count). The Hall–Kier alpha value is -2.34. The van der Waals surface area contributed by atoms with E-state index in [1.807, 2.05) is 25.1 Å². The van der Waals surface area contributed by atoms with Crippen LogP contribution in [0.5, 0.6) is 0 Å². The lowest BCUT2D eigenvalue weighted by molar-refractivity contribution is -0.904. The van der Waals surface area contributed by atoms with Crippen molar-refractivity contribution in [2.24, 2.45) is 11.8 Å². The molecule has 0 radical (unpaired) electrons. The van der Waals surface area contributed by atoms with Crippen molar-refractivity contribution in [1.82, 2.24) is 15.8 Å². The van der Waals surface area contributed by atoms with Crippen LogP contribution in [0.1, 0.15) is 51.7 Å². The van der Waals surface area contributed by atoms with Gasteiger partial charge in [0, 0.05) is 24.7 Å². The van der Waals surface area contributed by atoms with Gasteiger partial charge >= 0.3 is 0 Å². The fourth-order valence-corrected chi connectivity index (χ4v) is 3.77. The van der Waals surface area contributed by atoms with E-state index in [2.05, 4.69) is 50.6 Å². The highest BCUT2D eigenvalue weighted by atomic mass is 16.2. The van der Waals surface area contributed by atoms with Crippen molar-refractivity contribution in [3.63, 3.8) is 0 Å². The highest BCUT2D eigenvalue weighted by Crippen LogP contribution is 2.18. The fraction of sp³-hybridized carbons (Fsp3) is 0.583.